The molecule has 0 saturated carbocycles. The Kier molecular flexibility index (Phi) is 5.71. The largest absolute Gasteiger partial charge is 0.466 e. The molecular weight excluding hydrogens is 340 g/mol. The molecule has 0 aliphatic heterocycles. The van der Waals surface area contributed by atoms with Crippen LogP contribution in [0, 0.1) is 6.92 Å². The number of ether oxygens (including phenoxy) is 1. The monoisotopic (exact) mass is 368 g/mol. The van der Waals surface area contributed by atoms with E-state index in [0.717, 1.165) is 40.8 Å². The molecule has 5 heteroatoms. The van der Waals surface area contributed by atoms with Crippen molar-refractivity contribution in [3.8, 4) is 0 Å². The zero-order valence-electron chi connectivity index (χ0n) is 16.2. The lowest BCUT2D eigenvalue weighted by atomic mass is 9.84. The number of hydrogen-bond donors (Lipinski definition) is 3. The van der Waals surface area contributed by atoms with E-state index in [2.05, 4.69) is 17.4 Å². The molecule has 3 rings (SSSR count). The van der Waals surface area contributed by atoms with Crippen molar-refractivity contribution in [1.82, 2.24) is 0 Å². The summed E-state index contributed by atoms with van der Waals surface area (Å²) in [4.78, 5) is 12.3. The average Bonchev–Trinajstić information content (AvgIpc) is 3.03. The third kappa shape index (κ3) is 3.78. The van der Waals surface area contributed by atoms with Gasteiger partial charge in [0.15, 0.2) is 0 Å². The van der Waals surface area contributed by atoms with Gasteiger partial charge in [0.05, 0.1) is 30.5 Å². The van der Waals surface area contributed by atoms with Crippen molar-refractivity contribution in [3.05, 3.63) is 58.1 Å². The molecule has 0 fully saturated rings. The molecule has 144 valence electrons. The molecule has 5 nitrogen and oxygen atoms in total. The lowest BCUT2D eigenvalue weighted by Gasteiger charge is -2.22. The fraction of sp³-hybridized carbons (Fsp3) is 0.409. The van der Waals surface area contributed by atoms with Crippen molar-refractivity contribution in [3.63, 3.8) is 0 Å². The molecule has 0 aromatic heterocycles. The highest BCUT2D eigenvalue weighted by molar-refractivity contribution is 5.75. The molecule has 2 atom stereocenters. The molecule has 0 radical (unpaired) electrons. The minimum Gasteiger partial charge on any atom is -0.466 e. The number of nitrogens with one attached hydrogen (secondary N) is 1. The highest BCUT2D eigenvalue weighted by Gasteiger charge is 2.26. The number of nitrogen functional groups attached to an aromatic ring is 1. The van der Waals surface area contributed by atoms with E-state index in [-0.39, 0.29) is 18.3 Å². The van der Waals surface area contributed by atoms with Gasteiger partial charge in [0.2, 0.25) is 0 Å². The van der Waals surface area contributed by atoms with E-state index in [0.29, 0.717) is 12.3 Å². The van der Waals surface area contributed by atoms with Crippen molar-refractivity contribution < 1.29 is 14.6 Å². The predicted octanol–water partition coefficient (Wildman–Crippen LogP) is 3.68. The van der Waals surface area contributed by atoms with Crippen LogP contribution in [0.3, 0.4) is 0 Å². The summed E-state index contributed by atoms with van der Waals surface area (Å²) in [6.07, 6.45) is 1.45. The molecule has 0 spiro atoms. The highest BCUT2D eigenvalue weighted by atomic mass is 16.5. The van der Waals surface area contributed by atoms with Gasteiger partial charge in [-0.2, -0.15) is 0 Å². The second kappa shape index (κ2) is 8.01. The van der Waals surface area contributed by atoms with Gasteiger partial charge in [-0.15, -0.1) is 0 Å². The van der Waals surface area contributed by atoms with Gasteiger partial charge in [-0.05, 0) is 60.6 Å². The van der Waals surface area contributed by atoms with Gasteiger partial charge in [-0.25, -0.2) is 0 Å². The number of nitrogens with two attached hydrogens (primary N) is 1. The summed E-state index contributed by atoms with van der Waals surface area (Å²) in [6, 6.07) is 10.1. The topological polar surface area (TPSA) is 84.6 Å². The Balaban J connectivity index is 2.06. The summed E-state index contributed by atoms with van der Waals surface area (Å²) in [6.45, 7) is 4.14. The molecule has 1 aliphatic carbocycles. The number of hydrogen-bond acceptors (Lipinski definition) is 5. The first-order valence-corrected chi connectivity index (χ1v) is 9.49. The number of esters is 1. The van der Waals surface area contributed by atoms with E-state index in [1.807, 2.05) is 39.1 Å². The van der Waals surface area contributed by atoms with Crippen LogP contribution in [0.4, 0.5) is 11.4 Å². The number of benzene rings is 2. The molecule has 2 unspecified atom stereocenters. The maximum absolute atomic E-state index is 12.3. The minimum absolute atomic E-state index is 0.171. The molecule has 2 aromatic carbocycles. The second-order valence-corrected chi connectivity index (χ2v) is 7.07. The van der Waals surface area contributed by atoms with Crippen LogP contribution < -0.4 is 11.1 Å². The summed E-state index contributed by atoms with van der Waals surface area (Å²) in [5.41, 5.74) is 13.0. The van der Waals surface area contributed by atoms with Gasteiger partial charge in [-0.3, -0.25) is 4.79 Å². The van der Waals surface area contributed by atoms with Crippen molar-refractivity contribution in [1.29, 1.82) is 0 Å². The number of rotatable bonds is 6. The second-order valence-electron chi connectivity index (χ2n) is 7.07. The molecule has 0 heterocycles. The van der Waals surface area contributed by atoms with Gasteiger partial charge in [0.25, 0.3) is 0 Å². The first-order chi connectivity index (χ1) is 13.0. The Morgan fingerprint density at radius 2 is 2.15 bits per heavy atom. The van der Waals surface area contributed by atoms with Crippen molar-refractivity contribution >= 4 is 17.3 Å². The highest BCUT2D eigenvalue weighted by Crippen LogP contribution is 2.39. The maximum Gasteiger partial charge on any atom is 0.306 e. The number of anilines is 2. The summed E-state index contributed by atoms with van der Waals surface area (Å²) in [7, 11) is 1.84. The van der Waals surface area contributed by atoms with Crippen LogP contribution in [0.25, 0.3) is 0 Å². The first kappa shape index (κ1) is 19.2. The van der Waals surface area contributed by atoms with Crippen LogP contribution in [-0.4, -0.2) is 24.7 Å². The molecule has 0 amide bonds. The van der Waals surface area contributed by atoms with E-state index in [4.69, 9.17) is 10.5 Å². The zero-order valence-corrected chi connectivity index (χ0v) is 16.2. The Hall–Kier alpha value is -2.53. The van der Waals surface area contributed by atoms with E-state index in [1.54, 1.807) is 0 Å². The third-order valence-electron chi connectivity index (χ3n) is 5.50. The van der Waals surface area contributed by atoms with Crippen molar-refractivity contribution in [2.45, 2.75) is 45.1 Å². The van der Waals surface area contributed by atoms with Gasteiger partial charge in [-0.1, -0.05) is 24.3 Å². The van der Waals surface area contributed by atoms with Crippen LogP contribution in [0.2, 0.25) is 0 Å². The average molecular weight is 368 g/mol. The summed E-state index contributed by atoms with van der Waals surface area (Å²) in [5, 5.41) is 13.4. The quantitative estimate of drug-likeness (QED) is 0.535. The number of carbonyl (C=O) groups excluding carboxylic acids is 1. The lowest BCUT2D eigenvalue weighted by Crippen LogP contribution is -2.14. The standard InChI is InChI=1S/C22H28N2O3/c1-4-27-21(26)12-17(16-8-9-19(24-3)22(23)13(16)2)15-6-5-14-7-10-20(25)18(14)11-15/h5-6,8-9,11,17,20,24-25H,4,7,10,12,23H2,1-3H3. The fourth-order valence-electron chi connectivity index (χ4n) is 3.95. The number of aryl methyl sites for hydroxylation is 1. The third-order valence-corrected chi connectivity index (χ3v) is 5.50. The summed E-state index contributed by atoms with van der Waals surface area (Å²) >= 11 is 0. The van der Waals surface area contributed by atoms with Crippen LogP contribution >= 0.6 is 0 Å². The molecular formula is C22H28N2O3. The molecule has 2 aromatic rings. The molecule has 0 saturated heterocycles. The van der Waals surface area contributed by atoms with Gasteiger partial charge in [0.1, 0.15) is 0 Å². The zero-order chi connectivity index (χ0) is 19.6. The van der Waals surface area contributed by atoms with Crippen LogP contribution in [0.15, 0.2) is 30.3 Å². The van der Waals surface area contributed by atoms with Crippen LogP contribution in [-0.2, 0) is 16.0 Å². The maximum atomic E-state index is 12.3. The number of aliphatic hydroxyl groups is 1. The fourth-order valence-corrected chi connectivity index (χ4v) is 3.95. The summed E-state index contributed by atoms with van der Waals surface area (Å²) < 4.78 is 5.21. The Bertz CT molecular complexity index is 848. The van der Waals surface area contributed by atoms with Gasteiger partial charge >= 0.3 is 5.97 Å². The number of aliphatic hydroxyl groups excluding tert-OH is 1. The van der Waals surface area contributed by atoms with Crippen LogP contribution in [0.5, 0.6) is 0 Å². The van der Waals surface area contributed by atoms with Gasteiger partial charge < -0.3 is 20.9 Å². The molecule has 27 heavy (non-hydrogen) atoms. The van der Waals surface area contributed by atoms with E-state index >= 15 is 0 Å². The predicted molar refractivity (Wildman–Crippen MR) is 108 cm³/mol. The Labute approximate surface area is 160 Å². The smallest absolute Gasteiger partial charge is 0.306 e. The van der Waals surface area contributed by atoms with Crippen LogP contribution in [0.1, 0.15) is 59.6 Å². The van der Waals surface area contributed by atoms with Crippen molar-refractivity contribution in [2.24, 2.45) is 0 Å². The molecule has 1 aliphatic rings. The Morgan fingerprint density at radius 3 is 2.85 bits per heavy atom. The SMILES string of the molecule is CCOC(=O)CC(c1ccc2c(c1)C(O)CC2)c1ccc(NC)c(N)c1C. The molecule has 0 bridgehead atoms. The van der Waals surface area contributed by atoms with E-state index in [1.165, 1.54) is 5.56 Å². The number of fused-ring (bicyclic) bond motifs is 1. The van der Waals surface area contributed by atoms with E-state index in [9.17, 15) is 9.90 Å². The van der Waals surface area contributed by atoms with E-state index < -0.39 is 6.10 Å². The van der Waals surface area contributed by atoms with Crippen molar-refractivity contribution in [2.75, 3.05) is 24.7 Å². The molecule has 4 N–H and O–H groups in total. The van der Waals surface area contributed by atoms with Gasteiger partial charge in [0, 0.05) is 13.0 Å². The Morgan fingerprint density at radius 1 is 1.37 bits per heavy atom. The number of carbonyl (C=O) groups is 1. The normalized spacial score (nSPS) is 16.7. The summed E-state index contributed by atoms with van der Waals surface area (Å²) in [5.74, 6) is -0.408. The first-order valence-electron chi connectivity index (χ1n) is 9.49. The minimum atomic E-state index is -0.430. The lowest BCUT2D eigenvalue weighted by molar-refractivity contribution is -0.143.